The Morgan fingerprint density at radius 1 is 1.11 bits per heavy atom. The Morgan fingerprint density at radius 2 is 1.86 bits per heavy atom. The number of aryl methyl sites for hydroxylation is 1. The van der Waals surface area contributed by atoms with Gasteiger partial charge in [0.05, 0.1) is 17.5 Å². The highest BCUT2D eigenvalue weighted by Gasteiger charge is 2.15. The molecule has 0 aliphatic heterocycles. The number of hydrogen-bond acceptors (Lipinski definition) is 4. The summed E-state index contributed by atoms with van der Waals surface area (Å²) in [5.41, 5.74) is 2.80. The van der Waals surface area contributed by atoms with E-state index in [1.165, 1.54) is 23.9 Å². The van der Waals surface area contributed by atoms with Crippen LogP contribution >= 0.6 is 11.8 Å². The second-order valence-corrected chi connectivity index (χ2v) is 7.23. The molecule has 0 spiro atoms. The number of aromatic nitrogens is 2. The molecule has 28 heavy (non-hydrogen) atoms. The van der Waals surface area contributed by atoms with E-state index >= 15 is 0 Å². The Bertz CT molecular complexity index is 983. The van der Waals surface area contributed by atoms with Crippen molar-refractivity contribution in [3.8, 4) is 11.3 Å². The van der Waals surface area contributed by atoms with Crippen LogP contribution in [0.15, 0.2) is 59.8 Å². The summed E-state index contributed by atoms with van der Waals surface area (Å²) in [7, 11) is 0. The van der Waals surface area contributed by atoms with Gasteiger partial charge >= 0.3 is 0 Å². The molecule has 4 nitrogen and oxygen atoms in total. The van der Waals surface area contributed by atoms with Crippen molar-refractivity contribution in [2.24, 2.45) is 0 Å². The molecule has 3 rings (SSSR count). The number of nitrogens with zero attached hydrogens (tertiary/aromatic N) is 2. The number of amides is 1. The Balaban J connectivity index is 1.64. The molecule has 0 saturated heterocycles. The second-order valence-electron chi connectivity index (χ2n) is 6.29. The molecule has 7 heteroatoms. The first-order valence-electron chi connectivity index (χ1n) is 8.70. The third-order valence-electron chi connectivity index (χ3n) is 4.04. The van der Waals surface area contributed by atoms with Crippen LogP contribution in [-0.4, -0.2) is 21.6 Å². The molecule has 1 aromatic heterocycles. The van der Waals surface area contributed by atoms with Gasteiger partial charge in [-0.25, -0.2) is 18.7 Å². The quantitative estimate of drug-likeness (QED) is 0.482. The number of rotatable bonds is 6. The summed E-state index contributed by atoms with van der Waals surface area (Å²) in [5, 5.41) is 3.20. The molecule has 1 atom stereocenters. The minimum atomic E-state index is -0.685. The Labute approximate surface area is 166 Å². The van der Waals surface area contributed by atoms with Crippen LogP contribution in [0.5, 0.6) is 0 Å². The molecule has 0 aliphatic rings. The molecular weight excluding hydrogens is 380 g/mol. The molecule has 0 unspecified atom stereocenters. The molecule has 1 amide bonds. The van der Waals surface area contributed by atoms with Gasteiger partial charge in [-0.1, -0.05) is 48.2 Å². The highest BCUT2D eigenvalue weighted by molar-refractivity contribution is 7.99. The number of halogens is 2. The highest BCUT2D eigenvalue weighted by Crippen LogP contribution is 2.22. The SMILES string of the molecule is Cc1cc(-c2ccccc2)nc(SCC(=O)N[C@H](C)c2ccc(F)cc2F)n1. The van der Waals surface area contributed by atoms with Crippen LogP contribution in [0.2, 0.25) is 0 Å². The summed E-state index contributed by atoms with van der Waals surface area (Å²) in [6.45, 7) is 3.52. The van der Waals surface area contributed by atoms with Crippen LogP contribution in [-0.2, 0) is 4.79 Å². The fourth-order valence-electron chi connectivity index (χ4n) is 2.71. The van der Waals surface area contributed by atoms with Gasteiger partial charge in [-0.15, -0.1) is 0 Å². The summed E-state index contributed by atoms with van der Waals surface area (Å²) in [6.07, 6.45) is 0. The Morgan fingerprint density at radius 3 is 2.57 bits per heavy atom. The van der Waals surface area contributed by atoms with Crippen LogP contribution in [0.3, 0.4) is 0 Å². The van der Waals surface area contributed by atoms with Crippen LogP contribution in [0.1, 0.15) is 24.2 Å². The third-order valence-corrected chi connectivity index (χ3v) is 4.89. The predicted octanol–water partition coefficient (Wildman–Crippen LogP) is 4.70. The van der Waals surface area contributed by atoms with Gasteiger partial charge in [0.25, 0.3) is 0 Å². The molecule has 0 radical (unpaired) electrons. The van der Waals surface area contributed by atoms with Crippen LogP contribution in [0.4, 0.5) is 8.78 Å². The lowest BCUT2D eigenvalue weighted by atomic mass is 10.1. The average Bonchev–Trinajstić information content (AvgIpc) is 2.66. The molecule has 2 aromatic carbocycles. The van der Waals surface area contributed by atoms with Gasteiger partial charge in [0.1, 0.15) is 11.6 Å². The first-order valence-corrected chi connectivity index (χ1v) is 9.69. The van der Waals surface area contributed by atoms with E-state index in [2.05, 4.69) is 15.3 Å². The molecule has 144 valence electrons. The number of hydrogen-bond donors (Lipinski definition) is 1. The predicted molar refractivity (Wildman–Crippen MR) is 106 cm³/mol. The Kier molecular flexibility index (Phi) is 6.36. The molecule has 0 bridgehead atoms. The number of carbonyl (C=O) groups is 1. The zero-order valence-electron chi connectivity index (χ0n) is 15.4. The molecule has 0 saturated carbocycles. The van der Waals surface area contributed by atoms with Crippen molar-refractivity contribution >= 4 is 17.7 Å². The van der Waals surface area contributed by atoms with E-state index in [-0.39, 0.29) is 17.2 Å². The van der Waals surface area contributed by atoms with Crippen molar-refractivity contribution < 1.29 is 13.6 Å². The van der Waals surface area contributed by atoms with E-state index < -0.39 is 17.7 Å². The van der Waals surface area contributed by atoms with Crippen molar-refractivity contribution in [1.29, 1.82) is 0 Å². The largest absolute Gasteiger partial charge is 0.349 e. The zero-order valence-corrected chi connectivity index (χ0v) is 16.3. The van der Waals surface area contributed by atoms with Gasteiger partial charge in [-0.2, -0.15) is 0 Å². The van der Waals surface area contributed by atoms with Gasteiger partial charge in [0.2, 0.25) is 5.91 Å². The highest BCUT2D eigenvalue weighted by atomic mass is 32.2. The zero-order chi connectivity index (χ0) is 20.1. The van der Waals surface area contributed by atoms with E-state index in [4.69, 9.17) is 0 Å². The van der Waals surface area contributed by atoms with E-state index in [0.29, 0.717) is 5.16 Å². The van der Waals surface area contributed by atoms with E-state index in [1.54, 1.807) is 6.92 Å². The van der Waals surface area contributed by atoms with Gasteiger partial charge in [-0.3, -0.25) is 4.79 Å². The van der Waals surface area contributed by atoms with Crippen molar-refractivity contribution in [3.05, 3.63) is 77.5 Å². The van der Waals surface area contributed by atoms with Gasteiger partial charge in [-0.05, 0) is 26.0 Å². The fourth-order valence-corrected chi connectivity index (χ4v) is 3.42. The molecule has 0 aliphatic carbocycles. The normalized spacial score (nSPS) is 11.9. The lowest BCUT2D eigenvalue weighted by molar-refractivity contribution is -0.119. The number of carbonyl (C=O) groups excluding carboxylic acids is 1. The monoisotopic (exact) mass is 399 g/mol. The van der Waals surface area contributed by atoms with Gasteiger partial charge in [0.15, 0.2) is 5.16 Å². The molecule has 1 N–H and O–H groups in total. The summed E-state index contributed by atoms with van der Waals surface area (Å²) in [5.74, 6) is -1.53. The van der Waals surface area contributed by atoms with Crippen molar-refractivity contribution in [1.82, 2.24) is 15.3 Å². The first-order chi connectivity index (χ1) is 13.4. The topological polar surface area (TPSA) is 54.9 Å². The van der Waals surface area contributed by atoms with Crippen LogP contribution in [0.25, 0.3) is 11.3 Å². The fraction of sp³-hybridized carbons (Fsp3) is 0.190. The van der Waals surface area contributed by atoms with Crippen molar-refractivity contribution in [3.63, 3.8) is 0 Å². The number of benzene rings is 2. The summed E-state index contributed by atoms with van der Waals surface area (Å²) < 4.78 is 26.9. The average molecular weight is 399 g/mol. The van der Waals surface area contributed by atoms with Gasteiger partial charge in [0, 0.05) is 22.9 Å². The lowest BCUT2D eigenvalue weighted by Crippen LogP contribution is -2.28. The first kappa shape index (κ1) is 19.9. The van der Waals surface area contributed by atoms with E-state index in [1.807, 2.05) is 43.3 Å². The van der Waals surface area contributed by atoms with Crippen LogP contribution in [0, 0.1) is 18.6 Å². The molecule has 1 heterocycles. The molecular formula is C21H19F2N3OS. The van der Waals surface area contributed by atoms with Crippen LogP contribution < -0.4 is 5.32 Å². The lowest BCUT2D eigenvalue weighted by Gasteiger charge is -2.15. The smallest absolute Gasteiger partial charge is 0.230 e. The minimum absolute atomic E-state index is 0.0881. The molecule has 3 aromatic rings. The maximum absolute atomic E-state index is 13.8. The second kappa shape index (κ2) is 8.93. The van der Waals surface area contributed by atoms with Gasteiger partial charge < -0.3 is 5.32 Å². The Hall–Kier alpha value is -2.80. The summed E-state index contributed by atoms with van der Waals surface area (Å²) in [6, 6.07) is 14.3. The van der Waals surface area contributed by atoms with Crippen molar-refractivity contribution in [2.75, 3.05) is 5.75 Å². The summed E-state index contributed by atoms with van der Waals surface area (Å²) in [4.78, 5) is 21.1. The van der Waals surface area contributed by atoms with E-state index in [0.717, 1.165) is 23.0 Å². The summed E-state index contributed by atoms with van der Waals surface area (Å²) >= 11 is 1.21. The van der Waals surface area contributed by atoms with E-state index in [9.17, 15) is 13.6 Å². The third kappa shape index (κ3) is 5.13. The maximum atomic E-state index is 13.8. The number of thioether (sulfide) groups is 1. The maximum Gasteiger partial charge on any atom is 0.230 e. The standard InChI is InChI=1S/C21H19F2N3OS/c1-13-10-19(15-6-4-3-5-7-15)26-21(24-13)28-12-20(27)25-14(2)17-9-8-16(22)11-18(17)23/h3-11,14H,12H2,1-2H3,(H,25,27)/t14-/m1/s1. The van der Waals surface area contributed by atoms with Crippen molar-refractivity contribution in [2.45, 2.75) is 25.0 Å². The molecule has 0 fully saturated rings. The minimum Gasteiger partial charge on any atom is -0.349 e. The number of nitrogens with one attached hydrogen (secondary N) is 1.